The van der Waals surface area contributed by atoms with Crippen LogP contribution in [0, 0.1) is 5.92 Å². The number of nitrogens with one attached hydrogen (secondary N) is 3. The minimum atomic E-state index is -3.66. The number of amides is 1. The van der Waals surface area contributed by atoms with Crippen molar-refractivity contribution in [3.63, 3.8) is 0 Å². The van der Waals surface area contributed by atoms with Gasteiger partial charge in [0.1, 0.15) is 4.21 Å². The summed E-state index contributed by atoms with van der Waals surface area (Å²) in [6, 6.07) is 2.25. The molecule has 1 amide bonds. The number of thiophene rings is 1. The lowest BCUT2D eigenvalue weighted by atomic mass is 10.1. The number of aliphatic hydroxyl groups is 1. The smallest absolute Gasteiger partial charge is 0.250 e. The van der Waals surface area contributed by atoms with Crippen LogP contribution in [0.3, 0.4) is 0 Å². The second kappa shape index (κ2) is 6.84. The lowest BCUT2D eigenvalue weighted by Gasteiger charge is -2.17. The van der Waals surface area contributed by atoms with Crippen LogP contribution in [0.2, 0.25) is 0 Å². The van der Waals surface area contributed by atoms with Gasteiger partial charge in [0, 0.05) is 25.6 Å². The number of rotatable bonds is 6. The van der Waals surface area contributed by atoms with E-state index in [9.17, 15) is 18.3 Å². The van der Waals surface area contributed by atoms with Crippen LogP contribution in [0.25, 0.3) is 0 Å². The predicted octanol–water partition coefficient (Wildman–Crippen LogP) is -0.889. The van der Waals surface area contributed by atoms with Gasteiger partial charge < -0.3 is 15.7 Å². The van der Waals surface area contributed by atoms with E-state index in [0.29, 0.717) is 19.6 Å². The van der Waals surface area contributed by atoms with Gasteiger partial charge >= 0.3 is 0 Å². The molecule has 0 radical (unpaired) electrons. The summed E-state index contributed by atoms with van der Waals surface area (Å²) in [6.45, 7) is 2.96. The van der Waals surface area contributed by atoms with E-state index in [0.717, 1.165) is 11.3 Å². The van der Waals surface area contributed by atoms with Gasteiger partial charge in [-0.3, -0.25) is 4.79 Å². The molecular formula is C12H19N3O4S2. The Morgan fingerprint density at radius 3 is 2.90 bits per heavy atom. The van der Waals surface area contributed by atoms with Gasteiger partial charge in [-0.05, 0) is 18.4 Å². The van der Waals surface area contributed by atoms with Crippen LogP contribution in [0.5, 0.6) is 0 Å². The highest BCUT2D eigenvalue weighted by Gasteiger charge is 2.27. The third-order valence-corrected chi connectivity index (χ3v) is 6.27. The molecule has 7 nitrogen and oxygen atoms in total. The number of carbonyl (C=O) groups excluding carboxylic acids is 1. The highest BCUT2D eigenvalue weighted by atomic mass is 32.2. The summed E-state index contributed by atoms with van der Waals surface area (Å²) in [4.78, 5) is 11.9. The van der Waals surface area contributed by atoms with Crippen molar-refractivity contribution in [2.75, 3.05) is 19.6 Å². The van der Waals surface area contributed by atoms with E-state index in [-0.39, 0.29) is 10.1 Å². The fourth-order valence-corrected chi connectivity index (χ4v) is 4.29. The minimum absolute atomic E-state index is 0.0462. The first kappa shape index (κ1) is 16.4. The number of aliphatic hydroxyl groups excluding tert-OH is 1. The fourth-order valence-electron chi connectivity index (χ4n) is 2.07. The van der Waals surface area contributed by atoms with Gasteiger partial charge in [-0.1, -0.05) is 6.07 Å². The zero-order valence-corrected chi connectivity index (χ0v) is 13.2. The summed E-state index contributed by atoms with van der Waals surface area (Å²) >= 11 is 1.09. The van der Waals surface area contributed by atoms with E-state index in [1.807, 2.05) is 0 Å². The highest BCUT2D eigenvalue weighted by Crippen LogP contribution is 2.15. The van der Waals surface area contributed by atoms with Crippen LogP contribution < -0.4 is 15.4 Å². The second-order valence-electron chi connectivity index (χ2n) is 5.01. The summed E-state index contributed by atoms with van der Waals surface area (Å²) in [6.07, 6.45) is -0.483. The molecule has 3 atom stereocenters. The lowest BCUT2D eigenvalue weighted by Crippen LogP contribution is -2.46. The number of β-amino-alcohol motifs (C(OH)–C–C–N with tert-alkyl or cyclic N) is 1. The number of carbonyl (C=O) groups is 1. The van der Waals surface area contributed by atoms with Crippen LogP contribution in [0.15, 0.2) is 21.7 Å². The SMILES string of the molecule is CC(NS(=O)(=O)c1cccs1)C(=O)NCC1CNCC1O. The molecule has 0 spiro atoms. The van der Waals surface area contributed by atoms with Crippen molar-refractivity contribution in [3.8, 4) is 0 Å². The average Bonchev–Trinajstić information content (AvgIpc) is 3.07. The molecule has 21 heavy (non-hydrogen) atoms. The largest absolute Gasteiger partial charge is 0.391 e. The monoisotopic (exact) mass is 333 g/mol. The topological polar surface area (TPSA) is 108 Å². The molecule has 4 N–H and O–H groups in total. The molecule has 2 heterocycles. The number of sulfonamides is 1. The third-order valence-electron chi connectivity index (χ3n) is 3.33. The molecule has 1 aliphatic heterocycles. The molecule has 1 aromatic rings. The maximum Gasteiger partial charge on any atom is 0.250 e. The quantitative estimate of drug-likeness (QED) is 0.540. The van der Waals surface area contributed by atoms with Crippen LogP contribution in [0.1, 0.15) is 6.92 Å². The van der Waals surface area contributed by atoms with E-state index in [1.54, 1.807) is 11.4 Å². The van der Waals surface area contributed by atoms with E-state index in [1.165, 1.54) is 13.0 Å². The molecule has 2 rings (SSSR count). The first-order valence-corrected chi connectivity index (χ1v) is 8.99. The van der Waals surface area contributed by atoms with Crippen LogP contribution in [-0.4, -0.2) is 51.2 Å². The van der Waals surface area contributed by atoms with Gasteiger partial charge in [0.2, 0.25) is 5.91 Å². The van der Waals surface area contributed by atoms with Crippen molar-refractivity contribution in [3.05, 3.63) is 17.5 Å². The second-order valence-corrected chi connectivity index (χ2v) is 7.89. The lowest BCUT2D eigenvalue weighted by molar-refractivity contribution is -0.122. The molecule has 1 fully saturated rings. The Balaban J connectivity index is 1.85. The summed E-state index contributed by atoms with van der Waals surface area (Å²) in [5, 5.41) is 17.0. The molecule has 1 saturated heterocycles. The first-order chi connectivity index (χ1) is 9.90. The van der Waals surface area contributed by atoms with E-state index < -0.39 is 28.1 Å². The summed E-state index contributed by atoms with van der Waals surface area (Å²) in [7, 11) is -3.66. The van der Waals surface area contributed by atoms with Crippen molar-refractivity contribution in [2.45, 2.75) is 23.3 Å². The third kappa shape index (κ3) is 4.24. The molecule has 0 aliphatic carbocycles. The maximum absolute atomic E-state index is 12.0. The standard InChI is InChI=1S/C12H19N3O4S2/c1-8(15-21(18,19)11-3-2-4-20-11)12(17)14-6-9-5-13-7-10(9)16/h2-4,8-10,13,15-16H,5-7H2,1H3,(H,14,17). The number of hydrogen-bond donors (Lipinski definition) is 4. The molecule has 0 bridgehead atoms. The van der Waals surface area contributed by atoms with E-state index in [2.05, 4.69) is 15.4 Å². The van der Waals surface area contributed by atoms with Crippen LogP contribution in [0.4, 0.5) is 0 Å². The van der Waals surface area contributed by atoms with Crippen molar-refractivity contribution in [1.82, 2.24) is 15.4 Å². The molecule has 118 valence electrons. The zero-order valence-electron chi connectivity index (χ0n) is 11.6. The minimum Gasteiger partial charge on any atom is -0.391 e. The molecule has 0 aromatic carbocycles. The summed E-state index contributed by atoms with van der Waals surface area (Å²) < 4.78 is 26.5. The predicted molar refractivity (Wildman–Crippen MR) is 79.5 cm³/mol. The van der Waals surface area contributed by atoms with Gasteiger partial charge in [-0.2, -0.15) is 4.72 Å². The van der Waals surface area contributed by atoms with Crippen molar-refractivity contribution in [2.24, 2.45) is 5.92 Å². The van der Waals surface area contributed by atoms with Gasteiger partial charge in [-0.25, -0.2) is 8.42 Å². The Bertz CT molecular complexity index is 573. The zero-order chi connectivity index (χ0) is 15.5. The Morgan fingerprint density at radius 1 is 1.57 bits per heavy atom. The summed E-state index contributed by atoms with van der Waals surface area (Å²) in [5.74, 6) is -0.454. The summed E-state index contributed by atoms with van der Waals surface area (Å²) in [5.41, 5.74) is 0. The highest BCUT2D eigenvalue weighted by molar-refractivity contribution is 7.91. The number of hydrogen-bond acceptors (Lipinski definition) is 6. The molecular weight excluding hydrogens is 314 g/mol. The first-order valence-electron chi connectivity index (χ1n) is 6.62. The van der Waals surface area contributed by atoms with Gasteiger partial charge in [0.05, 0.1) is 12.1 Å². The fraction of sp³-hybridized carbons (Fsp3) is 0.583. The Morgan fingerprint density at radius 2 is 2.33 bits per heavy atom. The van der Waals surface area contributed by atoms with Gasteiger partial charge in [0.15, 0.2) is 0 Å². The molecule has 9 heteroatoms. The van der Waals surface area contributed by atoms with Gasteiger partial charge in [0.25, 0.3) is 10.0 Å². The average molecular weight is 333 g/mol. The normalized spacial score (nSPS) is 23.9. The Labute approximate surface area is 127 Å². The Kier molecular flexibility index (Phi) is 5.33. The van der Waals surface area contributed by atoms with E-state index >= 15 is 0 Å². The van der Waals surface area contributed by atoms with Crippen LogP contribution >= 0.6 is 11.3 Å². The molecule has 1 aliphatic rings. The van der Waals surface area contributed by atoms with Crippen molar-refractivity contribution in [1.29, 1.82) is 0 Å². The molecule has 3 unspecified atom stereocenters. The maximum atomic E-state index is 12.0. The van der Waals surface area contributed by atoms with Gasteiger partial charge in [-0.15, -0.1) is 11.3 Å². The van der Waals surface area contributed by atoms with Crippen LogP contribution in [-0.2, 0) is 14.8 Å². The van der Waals surface area contributed by atoms with Crippen molar-refractivity contribution < 1.29 is 18.3 Å². The molecule has 0 saturated carbocycles. The van der Waals surface area contributed by atoms with Crippen molar-refractivity contribution >= 4 is 27.3 Å². The Hall–Kier alpha value is -1.00. The molecule has 1 aromatic heterocycles. The van der Waals surface area contributed by atoms with E-state index in [4.69, 9.17) is 0 Å².